The Kier molecular flexibility index (Phi) is 7.52. The average Bonchev–Trinajstić information content (AvgIpc) is 2.74. The molecule has 2 aromatic rings. The largest absolute Gasteiger partial charge is 0.322 e. The maximum Gasteiger partial charge on any atom is 0.257 e. The van der Waals surface area contributed by atoms with Crippen molar-refractivity contribution in [2.45, 2.75) is 18.2 Å². The number of amides is 1. The van der Waals surface area contributed by atoms with E-state index in [4.69, 9.17) is 11.6 Å². The number of nitrogens with zero attached hydrogens (tertiary/aromatic N) is 2. The number of halogens is 1. The quantitative estimate of drug-likeness (QED) is 0.703. The fourth-order valence-electron chi connectivity index (χ4n) is 3.35. The third kappa shape index (κ3) is 5.82. The topological polar surface area (TPSA) is 69.7 Å². The van der Waals surface area contributed by atoms with Gasteiger partial charge in [-0.15, -0.1) is 0 Å². The van der Waals surface area contributed by atoms with Crippen LogP contribution in [0.4, 0.5) is 5.69 Å². The van der Waals surface area contributed by atoms with Crippen molar-refractivity contribution in [1.82, 2.24) is 9.80 Å². The Morgan fingerprint density at radius 3 is 2.37 bits per heavy atom. The molecule has 0 radical (unpaired) electrons. The first-order chi connectivity index (χ1) is 14.3. The average molecular weight is 450 g/mol. The minimum absolute atomic E-state index is 0.0364. The SMILES string of the molecule is CCS(=O)(=O)c1ccc(Cl)c(C(=O)Nc2ccc(CCN3CCN(C)CC3)cc2)c1. The molecule has 30 heavy (non-hydrogen) atoms. The lowest BCUT2D eigenvalue weighted by Gasteiger charge is -2.32. The zero-order valence-corrected chi connectivity index (χ0v) is 19.0. The summed E-state index contributed by atoms with van der Waals surface area (Å²) in [5.74, 6) is -0.469. The minimum Gasteiger partial charge on any atom is -0.322 e. The molecule has 1 fully saturated rings. The molecule has 162 valence electrons. The molecule has 6 nitrogen and oxygen atoms in total. The van der Waals surface area contributed by atoms with Gasteiger partial charge in [0.1, 0.15) is 0 Å². The number of likely N-dealkylation sites (N-methyl/N-ethyl adjacent to an activating group) is 1. The van der Waals surface area contributed by atoms with Crippen LogP contribution >= 0.6 is 11.6 Å². The molecule has 2 aromatic carbocycles. The Balaban J connectivity index is 1.61. The fourth-order valence-corrected chi connectivity index (χ4v) is 4.46. The maximum atomic E-state index is 12.6. The molecule has 1 aliphatic rings. The van der Waals surface area contributed by atoms with Crippen LogP contribution < -0.4 is 5.32 Å². The van der Waals surface area contributed by atoms with Gasteiger partial charge in [0.25, 0.3) is 5.91 Å². The van der Waals surface area contributed by atoms with E-state index >= 15 is 0 Å². The molecule has 1 aliphatic heterocycles. The summed E-state index contributed by atoms with van der Waals surface area (Å²) >= 11 is 6.14. The van der Waals surface area contributed by atoms with Crippen molar-refractivity contribution in [2.75, 3.05) is 50.8 Å². The van der Waals surface area contributed by atoms with Crippen LogP contribution in [0.3, 0.4) is 0 Å². The van der Waals surface area contributed by atoms with Crippen LogP contribution in [0.2, 0.25) is 5.02 Å². The molecular weight excluding hydrogens is 422 g/mol. The normalized spacial score (nSPS) is 15.8. The molecule has 0 spiro atoms. The van der Waals surface area contributed by atoms with Gasteiger partial charge in [0.2, 0.25) is 0 Å². The van der Waals surface area contributed by atoms with Crippen molar-refractivity contribution in [3.8, 4) is 0 Å². The molecule has 0 bridgehead atoms. The molecule has 3 rings (SSSR count). The molecule has 8 heteroatoms. The standard InChI is InChI=1S/C22H28ClN3O3S/c1-3-30(28,29)19-8-9-21(23)20(16-19)22(27)24-18-6-4-17(5-7-18)10-11-26-14-12-25(2)13-15-26/h4-9,16H,3,10-15H2,1-2H3,(H,24,27). The number of carbonyl (C=O) groups excluding carboxylic acids is 1. The van der Waals surface area contributed by atoms with Crippen molar-refractivity contribution >= 4 is 33.0 Å². The van der Waals surface area contributed by atoms with Gasteiger partial charge in [-0.25, -0.2) is 8.42 Å². The predicted molar refractivity (Wildman–Crippen MR) is 121 cm³/mol. The summed E-state index contributed by atoms with van der Waals surface area (Å²) < 4.78 is 24.2. The lowest BCUT2D eigenvalue weighted by atomic mass is 10.1. The molecule has 1 heterocycles. The molecule has 1 saturated heterocycles. The van der Waals surface area contributed by atoms with Gasteiger partial charge in [-0.2, -0.15) is 0 Å². The number of anilines is 1. The van der Waals surface area contributed by atoms with Crippen LogP contribution in [0, 0.1) is 0 Å². The predicted octanol–water partition coefficient (Wildman–Crippen LogP) is 3.18. The van der Waals surface area contributed by atoms with Crippen LogP contribution in [0.15, 0.2) is 47.4 Å². The Labute approximate surface area is 183 Å². The molecule has 1 amide bonds. The molecule has 1 N–H and O–H groups in total. The maximum absolute atomic E-state index is 12.6. The molecule has 0 unspecified atom stereocenters. The zero-order valence-electron chi connectivity index (χ0n) is 17.4. The van der Waals surface area contributed by atoms with E-state index in [9.17, 15) is 13.2 Å². The molecule has 0 atom stereocenters. The summed E-state index contributed by atoms with van der Waals surface area (Å²) in [6, 6.07) is 11.9. The summed E-state index contributed by atoms with van der Waals surface area (Å²) in [5.41, 5.74) is 1.99. The van der Waals surface area contributed by atoms with Gasteiger partial charge in [-0.3, -0.25) is 4.79 Å². The Morgan fingerprint density at radius 2 is 1.73 bits per heavy atom. The third-order valence-corrected chi connectivity index (χ3v) is 7.51. The first-order valence-electron chi connectivity index (χ1n) is 10.1. The van der Waals surface area contributed by atoms with Crippen molar-refractivity contribution in [3.63, 3.8) is 0 Å². The summed E-state index contributed by atoms with van der Waals surface area (Å²) in [6.07, 6.45) is 0.959. The first kappa shape index (κ1) is 22.7. The van der Waals surface area contributed by atoms with Crippen molar-refractivity contribution in [1.29, 1.82) is 0 Å². The van der Waals surface area contributed by atoms with E-state index in [0.717, 1.165) is 39.1 Å². The monoisotopic (exact) mass is 449 g/mol. The molecular formula is C22H28ClN3O3S. The smallest absolute Gasteiger partial charge is 0.257 e. The van der Waals surface area contributed by atoms with Gasteiger partial charge in [0.05, 0.1) is 21.2 Å². The van der Waals surface area contributed by atoms with Crippen LogP contribution in [-0.2, 0) is 16.3 Å². The molecule has 0 aromatic heterocycles. The first-order valence-corrected chi connectivity index (χ1v) is 12.1. The van der Waals surface area contributed by atoms with Crippen LogP contribution in [0.5, 0.6) is 0 Å². The Bertz CT molecular complexity index is 985. The van der Waals surface area contributed by atoms with Gasteiger partial charge in [-0.05, 0) is 49.4 Å². The highest BCUT2D eigenvalue weighted by Gasteiger charge is 2.18. The Hall–Kier alpha value is -1.93. The number of benzene rings is 2. The summed E-state index contributed by atoms with van der Waals surface area (Å²) in [5, 5.41) is 3.01. The van der Waals surface area contributed by atoms with Crippen LogP contribution in [0.25, 0.3) is 0 Å². The lowest BCUT2D eigenvalue weighted by molar-refractivity contribution is 0.102. The van der Waals surface area contributed by atoms with E-state index in [1.807, 2.05) is 24.3 Å². The van der Waals surface area contributed by atoms with E-state index in [0.29, 0.717) is 5.69 Å². The van der Waals surface area contributed by atoms with Gasteiger partial charge in [0.15, 0.2) is 9.84 Å². The van der Waals surface area contributed by atoms with Crippen LogP contribution in [0.1, 0.15) is 22.8 Å². The van der Waals surface area contributed by atoms with E-state index in [1.54, 1.807) is 6.92 Å². The number of rotatable bonds is 7. The van der Waals surface area contributed by atoms with E-state index in [1.165, 1.54) is 23.8 Å². The highest BCUT2D eigenvalue weighted by molar-refractivity contribution is 7.91. The third-order valence-electron chi connectivity index (χ3n) is 5.45. The Morgan fingerprint density at radius 1 is 1.07 bits per heavy atom. The fraction of sp³-hybridized carbons (Fsp3) is 0.409. The number of nitrogens with one attached hydrogen (secondary N) is 1. The summed E-state index contributed by atoms with van der Waals surface area (Å²) in [7, 11) is -1.26. The van der Waals surface area contributed by atoms with Crippen LogP contribution in [-0.4, -0.2) is 69.6 Å². The van der Waals surface area contributed by atoms with E-state index in [-0.39, 0.29) is 21.2 Å². The number of piperazine rings is 1. The summed E-state index contributed by atoms with van der Waals surface area (Å²) in [6.45, 7) is 6.99. The molecule has 0 aliphatic carbocycles. The number of sulfone groups is 1. The second kappa shape index (κ2) is 9.92. The van der Waals surface area contributed by atoms with Gasteiger partial charge < -0.3 is 15.1 Å². The van der Waals surface area contributed by atoms with Crippen molar-refractivity contribution in [3.05, 3.63) is 58.6 Å². The number of carbonyl (C=O) groups is 1. The highest BCUT2D eigenvalue weighted by atomic mass is 35.5. The zero-order chi connectivity index (χ0) is 21.7. The highest BCUT2D eigenvalue weighted by Crippen LogP contribution is 2.23. The van der Waals surface area contributed by atoms with E-state index < -0.39 is 15.7 Å². The summed E-state index contributed by atoms with van der Waals surface area (Å²) in [4.78, 5) is 17.5. The van der Waals surface area contributed by atoms with Gasteiger partial charge in [-0.1, -0.05) is 30.7 Å². The van der Waals surface area contributed by atoms with Crippen molar-refractivity contribution < 1.29 is 13.2 Å². The number of hydrogen-bond acceptors (Lipinski definition) is 5. The number of hydrogen-bond donors (Lipinski definition) is 1. The van der Waals surface area contributed by atoms with Gasteiger partial charge >= 0.3 is 0 Å². The second-order valence-electron chi connectivity index (χ2n) is 7.59. The molecule has 0 saturated carbocycles. The van der Waals surface area contributed by atoms with E-state index in [2.05, 4.69) is 22.2 Å². The van der Waals surface area contributed by atoms with Crippen molar-refractivity contribution in [2.24, 2.45) is 0 Å². The lowest BCUT2D eigenvalue weighted by Crippen LogP contribution is -2.45. The minimum atomic E-state index is -3.41. The second-order valence-corrected chi connectivity index (χ2v) is 10.3. The van der Waals surface area contributed by atoms with Gasteiger partial charge in [0, 0.05) is 38.4 Å².